The molecule has 0 saturated carbocycles. The van der Waals surface area contributed by atoms with Gasteiger partial charge in [0.05, 0.1) is 12.0 Å². The zero-order chi connectivity index (χ0) is 13.1. The van der Waals surface area contributed by atoms with Gasteiger partial charge in [-0.15, -0.1) is 0 Å². The van der Waals surface area contributed by atoms with Crippen molar-refractivity contribution >= 4 is 27.6 Å². The molecule has 0 saturated heterocycles. The van der Waals surface area contributed by atoms with E-state index in [2.05, 4.69) is 10.1 Å². The third kappa shape index (κ3) is 3.54. The number of amides is 1. The number of carbonyl (C=O) groups excluding carboxylic acids is 2. The molecule has 0 aliphatic carbocycles. The fourth-order valence-electron chi connectivity index (χ4n) is 1.03. The summed E-state index contributed by atoms with van der Waals surface area (Å²) in [6, 6.07) is 5.20. The number of hydrogen-bond acceptors (Lipinski definition) is 5. The summed E-state index contributed by atoms with van der Waals surface area (Å²) in [6.45, 7) is 0. The van der Waals surface area contributed by atoms with Crippen LogP contribution in [0.4, 0.5) is 5.69 Å². The number of nitrogens with two attached hydrogens (primary N) is 1. The largest absolute Gasteiger partial charge is 0.462 e. The minimum atomic E-state index is -3.85. The molecule has 8 heteroatoms. The van der Waals surface area contributed by atoms with Crippen molar-refractivity contribution in [1.29, 1.82) is 0 Å². The third-order valence-electron chi connectivity index (χ3n) is 1.79. The number of carbonyl (C=O) groups is 2. The summed E-state index contributed by atoms with van der Waals surface area (Å²) >= 11 is 0. The minimum Gasteiger partial charge on any atom is -0.462 e. The minimum absolute atomic E-state index is 0.131. The lowest BCUT2D eigenvalue weighted by Crippen LogP contribution is -2.24. The van der Waals surface area contributed by atoms with Crippen molar-refractivity contribution in [3.63, 3.8) is 0 Å². The highest BCUT2D eigenvalue weighted by atomic mass is 32.2. The van der Waals surface area contributed by atoms with E-state index in [-0.39, 0.29) is 10.6 Å². The molecule has 0 unspecified atom stereocenters. The van der Waals surface area contributed by atoms with Crippen LogP contribution in [0.2, 0.25) is 0 Å². The van der Waals surface area contributed by atoms with E-state index < -0.39 is 21.9 Å². The quantitative estimate of drug-likeness (QED) is 0.545. The Morgan fingerprint density at radius 1 is 1.35 bits per heavy atom. The average Bonchev–Trinajstić information content (AvgIpc) is 2.27. The number of esters is 1. The Hall–Kier alpha value is -1.93. The first-order valence-electron chi connectivity index (χ1n) is 4.37. The van der Waals surface area contributed by atoms with Crippen LogP contribution >= 0.6 is 0 Å². The van der Waals surface area contributed by atoms with E-state index in [0.29, 0.717) is 0 Å². The van der Waals surface area contributed by atoms with Crippen molar-refractivity contribution in [3.8, 4) is 0 Å². The summed E-state index contributed by atoms with van der Waals surface area (Å²) < 4.78 is 26.3. The van der Waals surface area contributed by atoms with Crippen molar-refractivity contribution < 1.29 is 22.7 Å². The first-order valence-corrected chi connectivity index (χ1v) is 5.91. The molecule has 7 nitrogen and oxygen atoms in total. The Bertz CT molecular complexity index is 552. The second-order valence-electron chi connectivity index (χ2n) is 3.02. The molecular formula is C9H10N2O5S. The van der Waals surface area contributed by atoms with E-state index in [1.807, 2.05) is 0 Å². The van der Waals surface area contributed by atoms with Gasteiger partial charge in [0, 0.05) is 5.69 Å². The number of rotatable bonds is 2. The van der Waals surface area contributed by atoms with Gasteiger partial charge in [0.2, 0.25) is 10.0 Å². The van der Waals surface area contributed by atoms with Crippen LogP contribution in [0, 0.1) is 0 Å². The summed E-state index contributed by atoms with van der Waals surface area (Å²) in [5.41, 5.74) is 0.131. The summed E-state index contributed by atoms with van der Waals surface area (Å²) in [5.74, 6) is -2.08. The standard InChI is InChI=1S/C9H10N2O5S/c1-16-9(13)8(12)11-6-3-2-4-7(5-6)17(10,14)15/h2-5H,1H3,(H,11,12)(H2,10,14,15). The summed E-state index contributed by atoms with van der Waals surface area (Å²) in [7, 11) is -2.80. The summed E-state index contributed by atoms with van der Waals surface area (Å²) in [6.07, 6.45) is 0. The van der Waals surface area contributed by atoms with Gasteiger partial charge in [-0.25, -0.2) is 18.4 Å². The van der Waals surface area contributed by atoms with Crippen molar-refractivity contribution in [2.24, 2.45) is 5.14 Å². The number of hydrogen-bond donors (Lipinski definition) is 2. The summed E-state index contributed by atoms with van der Waals surface area (Å²) in [4.78, 5) is 21.8. The zero-order valence-electron chi connectivity index (χ0n) is 8.84. The number of ether oxygens (including phenoxy) is 1. The number of nitrogens with one attached hydrogen (secondary N) is 1. The fourth-order valence-corrected chi connectivity index (χ4v) is 1.59. The van der Waals surface area contributed by atoms with Gasteiger partial charge in [0.1, 0.15) is 0 Å². The van der Waals surface area contributed by atoms with Crippen LogP contribution in [0.25, 0.3) is 0 Å². The highest BCUT2D eigenvalue weighted by Crippen LogP contribution is 2.13. The molecular weight excluding hydrogens is 248 g/mol. The first-order chi connectivity index (χ1) is 7.84. The van der Waals surface area contributed by atoms with E-state index in [9.17, 15) is 18.0 Å². The van der Waals surface area contributed by atoms with Gasteiger partial charge < -0.3 is 10.1 Å². The number of primary sulfonamides is 1. The zero-order valence-corrected chi connectivity index (χ0v) is 9.65. The van der Waals surface area contributed by atoms with Crippen LogP contribution in [0.5, 0.6) is 0 Å². The number of benzene rings is 1. The Labute approximate surface area is 97.6 Å². The monoisotopic (exact) mass is 258 g/mol. The van der Waals surface area contributed by atoms with E-state index in [4.69, 9.17) is 5.14 Å². The van der Waals surface area contributed by atoms with Crippen molar-refractivity contribution in [1.82, 2.24) is 0 Å². The first kappa shape index (κ1) is 13.1. The Kier molecular flexibility index (Phi) is 3.81. The predicted molar refractivity (Wildman–Crippen MR) is 58.5 cm³/mol. The van der Waals surface area contributed by atoms with Gasteiger partial charge >= 0.3 is 11.9 Å². The lowest BCUT2D eigenvalue weighted by molar-refractivity contribution is -0.150. The van der Waals surface area contributed by atoms with Gasteiger partial charge in [-0.05, 0) is 18.2 Å². The highest BCUT2D eigenvalue weighted by Gasteiger charge is 2.15. The van der Waals surface area contributed by atoms with Crippen LogP contribution in [-0.2, 0) is 24.3 Å². The molecule has 0 heterocycles. The molecule has 0 spiro atoms. The lowest BCUT2D eigenvalue weighted by Gasteiger charge is -2.05. The van der Waals surface area contributed by atoms with Crippen LogP contribution in [0.3, 0.4) is 0 Å². The van der Waals surface area contributed by atoms with Gasteiger partial charge in [0.25, 0.3) is 0 Å². The summed E-state index contributed by atoms with van der Waals surface area (Å²) in [5, 5.41) is 7.08. The van der Waals surface area contributed by atoms with Gasteiger partial charge in [-0.1, -0.05) is 6.07 Å². The second-order valence-corrected chi connectivity index (χ2v) is 4.58. The molecule has 17 heavy (non-hydrogen) atoms. The Balaban J connectivity index is 2.95. The van der Waals surface area contributed by atoms with Gasteiger partial charge in [0.15, 0.2) is 0 Å². The third-order valence-corrected chi connectivity index (χ3v) is 2.70. The highest BCUT2D eigenvalue weighted by molar-refractivity contribution is 7.89. The van der Waals surface area contributed by atoms with E-state index in [1.54, 1.807) is 0 Å². The molecule has 0 bridgehead atoms. The molecule has 1 aromatic carbocycles. The second kappa shape index (κ2) is 4.93. The maximum absolute atomic E-state index is 11.1. The molecule has 0 fully saturated rings. The SMILES string of the molecule is COC(=O)C(=O)Nc1cccc(S(N)(=O)=O)c1. The van der Waals surface area contributed by atoms with Crippen LogP contribution in [-0.4, -0.2) is 27.4 Å². The molecule has 0 aliphatic heterocycles. The Morgan fingerprint density at radius 3 is 2.53 bits per heavy atom. The normalized spacial score (nSPS) is 10.7. The molecule has 0 aromatic heterocycles. The van der Waals surface area contributed by atoms with E-state index in [0.717, 1.165) is 13.2 Å². The molecule has 92 valence electrons. The van der Waals surface area contributed by atoms with E-state index in [1.165, 1.54) is 18.2 Å². The van der Waals surface area contributed by atoms with Gasteiger partial charge in [-0.3, -0.25) is 4.79 Å². The van der Waals surface area contributed by atoms with Crippen LogP contribution in [0.1, 0.15) is 0 Å². The van der Waals surface area contributed by atoms with Crippen molar-refractivity contribution in [2.45, 2.75) is 4.90 Å². The number of anilines is 1. The molecule has 0 atom stereocenters. The van der Waals surface area contributed by atoms with Crippen molar-refractivity contribution in [2.75, 3.05) is 12.4 Å². The van der Waals surface area contributed by atoms with Crippen molar-refractivity contribution in [3.05, 3.63) is 24.3 Å². The maximum Gasteiger partial charge on any atom is 0.396 e. The number of methoxy groups -OCH3 is 1. The average molecular weight is 258 g/mol. The predicted octanol–water partition coefficient (Wildman–Crippen LogP) is -0.555. The molecule has 1 amide bonds. The van der Waals surface area contributed by atoms with Crippen LogP contribution in [0.15, 0.2) is 29.2 Å². The molecule has 0 aliphatic rings. The van der Waals surface area contributed by atoms with E-state index >= 15 is 0 Å². The lowest BCUT2D eigenvalue weighted by atomic mass is 10.3. The molecule has 0 radical (unpaired) electrons. The molecule has 3 N–H and O–H groups in total. The fraction of sp³-hybridized carbons (Fsp3) is 0.111. The topological polar surface area (TPSA) is 116 Å². The smallest absolute Gasteiger partial charge is 0.396 e. The van der Waals surface area contributed by atoms with Crippen LogP contribution < -0.4 is 10.5 Å². The maximum atomic E-state index is 11.1. The molecule has 1 rings (SSSR count). The number of sulfonamides is 1. The van der Waals surface area contributed by atoms with Gasteiger partial charge in [-0.2, -0.15) is 0 Å². The Morgan fingerprint density at radius 2 is 2.00 bits per heavy atom. The molecule has 1 aromatic rings.